The molecule has 1 N–H and O–H groups in total. The molecule has 1 fully saturated rings. The molecule has 1 aromatic rings. The van der Waals surface area contributed by atoms with E-state index in [4.69, 9.17) is 9.15 Å². The summed E-state index contributed by atoms with van der Waals surface area (Å²) in [6.45, 7) is 5.50. The monoisotopic (exact) mass is 239 g/mol. The van der Waals surface area contributed by atoms with E-state index in [0.717, 1.165) is 44.8 Å². The summed E-state index contributed by atoms with van der Waals surface area (Å²) in [6.07, 6.45) is 4.33. The summed E-state index contributed by atoms with van der Waals surface area (Å²) in [5.41, 5.74) is 0.945. The second-order valence-corrected chi connectivity index (χ2v) is 4.42. The molecule has 1 saturated heterocycles. The predicted octanol–water partition coefficient (Wildman–Crippen LogP) is 1.40. The first-order valence-electron chi connectivity index (χ1n) is 6.27. The highest BCUT2D eigenvalue weighted by Crippen LogP contribution is 2.17. The fourth-order valence-electron chi connectivity index (χ4n) is 1.98. The number of nitrogens with one attached hydrogen (secondary N) is 1. The minimum atomic E-state index is 0.323. The highest BCUT2D eigenvalue weighted by Gasteiger charge is 2.19. The average molecular weight is 239 g/mol. The molecule has 0 aliphatic carbocycles. The third-order valence-corrected chi connectivity index (χ3v) is 2.92. The van der Waals surface area contributed by atoms with Crippen LogP contribution in [0.25, 0.3) is 0 Å². The van der Waals surface area contributed by atoms with Crippen molar-refractivity contribution in [3.05, 3.63) is 12.0 Å². The van der Waals surface area contributed by atoms with E-state index in [1.54, 1.807) is 6.26 Å². The van der Waals surface area contributed by atoms with Crippen molar-refractivity contribution in [2.45, 2.75) is 32.4 Å². The zero-order chi connectivity index (χ0) is 12.1. The molecular weight excluding hydrogens is 218 g/mol. The van der Waals surface area contributed by atoms with Crippen molar-refractivity contribution >= 4 is 6.01 Å². The van der Waals surface area contributed by atoms with Crippen LogP contribution in [0.1, 0.15) is 25.5 Å². The molecule has 0 spiro atoms. The van der Waals surface area contributed by atoms with E-state index < -0.39 is 0 Å². The predicted molar refractivity (Wildman–Crippen MR) is 66.1 cm³/mol. The van der Waals surface area contributed by atoms with Crippen molar-refractivity contribution in [2.75, 3.05) is 31.6 Å². The first kappa shape index (κ1) is 12.4. The van der Waals surface area contributed by atoms with Gasteiger partial charge in [-0.15, -0.1) is 0 Å². The Morgan fingerprint density at radius 2 is 2.47 bits per heavy atom. The molecule has 0 bridgehead atoms. The lowest BCUT2D eigenvalue weighted by molar-refractivity contribution is 0.115. The molecule has 1 atom stereocenters. The third kappa shape index (κ3) is 3.44. The number of oxazole rings is 1. The number of aromatic nitrogens is 1. The lowest BCUT2D eigenvalue weighted by Crippen LogP contribution is -2.28. The van der Waals surface area contributed by atoms with Gasteiger partial charge in [0.2, 0.25) is 0 Å². The highest BCUT2D eigenvalue weighted by molar-refractivity contribution is 5.25. The highest BCUT2D eigenvalue weighted by atomic mass is 16.5. The summed E-state index contributed by atoms with van der Waals surface area (Å²) in [5.74, 6) is 0. The van der Waals surface area contributed by atoms with Crippen molar-refractivity contribution < 1.29 is 9.15 Å². The lowest BCUT2D eigenvalue weighted by atomic mass is 10.2. The van der Waals surface area contributed by atoms with Crippen LogP contribution in [0.15, 0.2) is 10.7 Å². The molecular formula is C12H21N3O2. The molecule has 1 aliphatic rings. The van der Waals surface area contributed by atoms with Gasteiger partial charge in [-0.2, -0.15) is 4.98 Å². The van der Waals surface area contributed by atoms with E-state index in [1.165, 1.54) is 0 Å². The maximum absolute atomic E-state index is 5.59. The van der Waals surface area contributed by atoms with E-state index in [1.807, 2.05) is 11.9 Å². The summed E-state index contributed by atoms with van der Waals surface area (Å²) in [4.78, 5) is 6.45. The second-order valence-electron chi connectivity index (χ2n) is 4.42. The normalized spacial score (nSPS) is 19.8. The molecule has 1 unspecified atom stereocenters. The van der Waals surface area contributed by atoms with E-state index in [0.29, 0.717) is 12.1 Å². The van der Waals surface area contributed by atoms with Crippen molar-refractivity contribution in [3.8, 4) is 0 Å². The molecule has 2 rings (SSSR count). The lowest BCUT2D eigenvalue weighted by Gasteiger charge is -2.18. The minimum absolute atomic E-state index is 0.323. The SMILES string of the molecule is CCNCc1coc(N(C)CC2CCCO2)n1. The van der Waals surface area contributed by atoms with Crippen LogP contribution in [-0.4, -0.2) is 37.8 Å². The van der Waals surface area contributed by atoms with E-state index >= 15 is 0 Å². The van der Waals surface area contributed by atoms with Crippen LogP contribution in [0.5, 0.6) is 0 Å². The Kier molecular flexibility index (Phi) is 4.39. The first-order chi connectivity index (χ1) is 8.29. The van der Waals surface area contributed by atoms with Crippen LogP contribution < -0.4 is 10.2 Å². The zero-order valence-electron chi connectivity index (χ0n) is 10.6. The van der Waals surface area contributed by atoms with E-state index in [-0.39, 0.29) is 0 Å². The van der Waals surface area contributed by atoms with Crippen molar-refractivity contribution in [1.29, 1.82) is 0 Å². The fraction of sp³-hybridized carbons (Fsp3) is 0.750. The quantitative estimate of drug-likeness (QED) is 0.813. The van der Waals surface area contributed by atoms with E-state index in [2.05, 4.69) is 17.2 Å². The average Bonchev–Trinajstić information content (AvgIpc) is 2.96. The van der Waals surface area contributed by atoms with Gasteiger partial charge in [-0.3, -0.25) is 0 Å². The van der Waals surface area contributed by atoms with Crippen LogP contribution in [0.4, 0.5) is 6.01 Å². The largest absolute Gasteiger partial charge is 0.432 e. The summed E-state index contributed by atoms with van der Waals surface area (Å²) >= 11 is 0. The molecule has 0 radical (unpaired) electrons. The van der Waals surface area contributed by atoms with Crippen molar-refractivity contribution in [2.24, 2.45) is 0 Å². The second kappa shape index (κ2) is 6.02. The third-order valence-electron chi connectivity index (χ3n) is 2.92. The molecule has 1 aliphatic heterocycles. The number of hydrogen-bond acceptors (Lipinski definition) is 5. The molecule has 96 valence electrons. The van der Waals surface area contributed by atoms with E-state index in [9.17, 15) is 0 Å². The standard InChI is InChI=1S/C12H21N3O2/c1-3-13-7-10-9-17-12(14-10)15(2)8-11-5-4-6-16-11/h9,11,13H,3-8H2,1-2H3. The van der Waals surface area contributed by atoms with Crippen LogP contribution in [0, 0.1) is 0 Å². The Morgan fingerprint density at radius 3 is 3.18 bits per heavy atom. The number of rotatable bonds is 6. The molecule has 0 amide bonds. The van der Waals surface area contributed by atoms with Gasteiger partial charge in [0.15, 0.2) is 0 Å². The Hall–Kier alpha value is -1.07. The van der Waals surface area contributed by atoms with Gasteiger partial charge in [0.1, 0.15) is 6.26 Å². The van der Waals surface area contributed by atoms with Gasteiger partial charge in [-0.05, 0) is 19.4 Å². The number of likely N-dealkylation sites (N-methyl/N-ethyl adjacent to an activating group) is 1. The van der Waals surface area contributed by atoms with Gasteiger partial charge < -0.3 is 19.4 Å². The van der Waals surface area contributed by atoms with Gasteiger partial charge in [0.25, 0.3) is 6.01 Å². The van der Waals surface area contributed by atoms with Crippen LogP contribution >= 0.6 is 0 Å². The maximum atomic E-state index is 5.59. The summed E-state index contributed by atoms with van der Waals surface area (Å²) in [7, 11) is 1.99. The molecule has 0 aromatic carbocycles. The van der Waals surface area contributed by atoms with Gasteiger partial charge >= 0.3 is 0 Å². The molecule has 5 nitrogen and oxygen atoms in total. The smallest absolute Gasteiger partial charge is 0.297 e. The molecule has 5 heteroatoms. The Morgan fingerprint density at radius 1 is 1.59 bits per heavy atom. The number of hydrogen-bond donors (Lipinski definition) is 1. The number of anilines is 1. The van der Waals surface area contributed by atoms with Crippen LogP contribution in [-0.2, 0) is 11.3 Å². The van der Waals surface area contributed by atoms with Crippen LogP contribution in [0.2, 0.25) is 0 Å². The van der Waals surface area contributed by atoms with Gasteiger partial charge in [-0.25, -0.2) is 0 Å². The fourth-order valence-corrected chi connectivity index (χ4v) is 1.98. The first-order valence-corrected chi connectivity index (χ1v) is 6.27. The van der Waals surface area contributed by atoms with Crippen molar-refractivity contribution in [1.82, 2.24) is 10.3 Å². The Labute approximate surface area is 102 Å². The number of nitrogens with zero attached hydrogens (tertiary/aromatic N) is 2. The molecule has 0 saturated carbocycles. The summed E-state index contributed by atoms with van der Waals surface area (Å²) in [5, 5.41) is 3.22. The number of ether oxygens (including phenoxy) is 1. The molecule has 1 aromatic heterocycles. The minimum Gasteiger partial charge on any atom is -0.432 e. The topological polar surface area (TPSA) is 50.5 Å². The zero-order valence-corrected chi connectivity index (χ0v) is 10.6. The molecule has 17 heavy (non-hydrogen) atoms. The summed E-state index contributed by atoms with van der Waals surface area (Å²) < 4.78 is 11.0. The maximum Gasteiger partial charge on any atom is 0.297 e. The van der Waals surface area contributed by atoms with Gasteiger partial charge in [0, 0.05) is 26.7 Å². The Balaban J connectivity index is 1.85. The van der Waals surface area contributed by atoms with Crippen LogP contribution in [0.3, 0.4) is 0 Å². The van der Waals surface area contributed by atoms with Gasteiger partial charge in [0.05, 0.1) is 11.8 Å². The molecule has 2 heterocycles. The van der Waals surface area contributed by atoms with Gasteiger partial charge in [-0.1, -0.05) is 6.92 Å². The summed E-state index contributed by atoms with van der Waals surface area (Å²) in [6, 6.07) is 0.674. The van der Waals surface area contributed by atoms with Crippen molar-refractivity contribution in [3.63, 3.8) is 0 Å². The Bertz CT molecular complexity index is 334.